The Kier molecular flexibility index (Phi) is 5.15. The van der Waals surface area contributed by atoms with Gasteiger partial charge in [-0.25, -0.2) is 12.7 Å². The van der Waals surface area contributed by atoms with E-state index < -0.39 is 15.6 Å². The maximum atomic E-state index is 12.6. The van der Waals surface area contributed by atoms with Crippen molar-refractivity contribution in [3.8, 4) is 5.75 Å². The molecule has 0 aliphatic carbocycles. The van der Waals surface area contributed by atoms with Crippen LogP contribution >= 0.6 is 11.6 Å². The minimum absolute atomic E-state index is 0.0189. The predicted octanol–water partition coefficient (Wildman–Crippen LogP) is 3.58. The van der Waals surface area contributed by atoms with E-state index in [-0.39, 0.29) is 18.0 Å². The zero-order chi connectivity index (χ0) is 18.2. The molecule has 5 nitrogen and oxygen atoms in total. The summed E-state index contributed by atoms with van der Waals surface area (Å²) in [4.78, 5) is 12.6. The van der Waals surface area contributed by atoms with E-state index in [0.717, 1.165) is 12.0 Å². The molecule has 1 aromatic carbocycles. The molecule has 7 heteroatoms. The van der Waals surface area contributed by atoms with Crippen molar-refractivity contribution in [3.63, 3.8) is 0 Å². The Bertz CT molecular complexity index is 783. The van der Waals surface area contributed by atoms with E-state index in [1.165, 1.54) is 0 Å². The molecule has 0 unspecified atom stereocenters. The third-order valence-electron chi connectivity index (χ3n) is 5.15. The normalized spacial score (nSPS) is 20.4. The average molecular weight is 386 g/mol. The molecule has 3 rings (SSSR count). The van der Waals surface area contributed by atoms with E-state index in [4.69, 9.17) is 16.3 Å². The number of ketones is 1. The molecule has 2 aliphatic heterocycles. The molecule has 0 aromatic heterocycles. The Morgan fingerprint density at radius 1 is 1.28 bits per heavy atom. The molecule has 2 aliphatic rings. The highest BCUT2D eigenvalue weighted by molar-refractivity contribution is 7.89. The monoisotopic (exact) mass is 385 g/mol. The van der Waals surface area contributed by atoms with Crippen molar-refractivity contribution in [1.82, 2.24) is 4.31 Å². The highest BCUT2D eigenvalue weighted by atomic mass is 35.5. The third kappa shape index (κ3) is 3.71. The van der Waals surface area contributed by atoms with Crippen LogP contribution in [0.5, 0.6) is 5.75 Å². The van der Waals surface area contributed by atoms with Crippen molar-refractivity contribution >= 4 is 27.4 Å². The summed E-state index contributed by atoms with van der Waals surface area (Å²) in [6.07, 6.45) is 2.87. The van der Waals surface area contributed by atoms with Crippen LogP contribution in [0.3, 0.4) is 0 Å². The summed E-state index contributed by atoms with van der Waals surface area (Å²) in [6.45, 7) is 4.66. The quantitative estimate of drug-likeness (QED) is 0.794. The van der Waals surface area contributed by atoms with Gasteiger partial charge in [0, 0.05) is 31.0 Å². The van der Waals surface area contributed by atoms with Gasteiger partial charge in [-0.2, -0.15) is 0 Å². The second-order valence-corrected chi connectivity index (χ2v) is 9.55. The largest absolute Gasteiger partial charge is 0.486 e. The lowest BCUT2D eigenvalue weighted by atomic mass is 9.83. The number of halogens is 1. The predicted molar refractivity (Wildman–Crippen MR) is 98.0 cm³/mol. The van der Waals surface area contributed by atoms with Gasteiger partial charge in [-0.05, 0) is 31.0 Å². The minimum Gasteiger partial charge on any atom is -0.486 e. The number of Topliss-reactive ketones (excluding diaryl/α,β-unsaturated/α-hetero) is 1. The van der Waals surface area contributed by atoms with E-state index in [0.29, 0.717) is 48.7 Å². The van der Waals surface area contributed by atoms with E-state index in [1.54, 1.807) is 16.4 Å². The number of aryl methyl sites for hydroxylation is 1. The van der Waals surface area contributed by atoms with Gasteiger partial charge in [-0.15, -0.1) is 0 Å². The number of benzene rings is 1. The second-order valence-electron chi connectivity index (χ2n) is 7.05. The Hall–Kier alpha value is -1.11. The standard InChI is InChI=1S/C18H24ClNO4S/c1-3-4-9-25(22,23)20-7-5-18(6-8-20)12-16(21)14-11-15(19)13(2)10-17(14)24-18/h10-11H,3-9,12H2,1-2H3. The number of hydrogen-bond acceptors (Lipinski definition) is 4. The van der Waals surface area contributed by atoms with E-state index in [9.17, 15) is 13.2 Å². The van der Waals surface area contributed by atoms with E-state index >= 15 is 0 Å². The number of nitrogens with zero attached hydrogens (tertiary/aromatic N) is 1. The molecule has 0 saturated carbocycles. The molecule has 0 radical (unpaired) electrons. The Morgan fingerprint density at radius 3 is 2.60 bits per heavy atom. The van der Waals surface area contributed by atoms with Crippen molar-refractivity contribution in [2.45, 2.75) is 51.6 Å². The van der Waals surface area contributed by atoms with Crippen LogP contribution in [0.15, 0.2) is 12.1 Å². The van der Waals surface area contributed by atoms with E-state index in [2.05, 4.69) is 0 Å². The molecule has 0 bridgehead atoms. The number of piperidine rings is 1. The summed E-state index contributed by atoms with van der Waals surface area (Å²) in [5.74, 6) is 0.780. The van der Waals surface area contributed by atoms with Crippen molar-refractivity contribution < 1.29 is 17.9 Å². The first-order valence-electron chi connectivity index (χ1n) is 8.76. The molecule has 1 aromatic rings. The van der Waals surface area contributed by atoms with Gasteiger partial charge in [-0.1, -0.05) is 24.9 Å². The van der Waals surface area contributed by atoms with Gasteiger partial charge >= 0.3 is 0 Å². The van der Waals surface area contributed by atoms with Crippen LogP contribution < -0.4 is 4.74 Å². The summed E-state index contributed by atoms with van der Waals surface area (Å²) in [6, 6.07) is 3.48. The first-order chi connectivity index (χ1) is 11.8. The highest BCUT2D eigenvalue weighted by Crippen LogP contribution is 2.41. The minimum atomic E-state index is -3.21. The van der Waals surface area contributed by atoms with Gasteiger partial charge in [0.25, 0.3) is 0 Å². The zero-order valence-corrected chi connectivity index (χ0v) is 16.3. The van der Waals surface area contributed by atoms with Crippen LogP contribution in [0.25, 0.3) is 0 Å². The summed E-state index contributed by atoms with van der Waals surface area (Å²) in [5.41, 5.74) is 0.797. The molecule has 0 N–H and O–H groups in total. The number of carbonyl (C=O) groups excluding carboxylic acids is 1. The van der Waals surface area contributed by atoms with Crippen LogP contribution in [0.1, 0.15) is 54.9 Å². The fourth-order valence-electron chi connectivity index (χ4n) is 3.52. The SMILES string of the molecule is CCCCS(=O)(=O)N1CCC2(CC1)CC(=O)c1cc(Cl)c(C)cc1O2. The van der Waals surface area contributed by atoms with Gasteiger partial charge < -0.3 is 4.74 Å². The number of carbonyl (C=O) groups is 1. The number of fused-ring (bicyclic) bond motifs is 1. The summed E-state index contributed by atoms with van der Waals surface area (Å²) in [5, 5.41) is 0.559. The van der Waals surface area contributed by atoms with Gasteiger partial charge in [0.05, 0.1) is 17.7 Å². The fraction of sp³-hybridized carbons (Fsp3) is 0.611. The van der Waals surface area contributed by atoms with Crippen LogP contribution in [0.4, 0.5) is 0 Å². The number of hydrogen-bond donors (Lipinski definition) is 0. The van der Waals surface area contributed by atoms with Crippen molar-refractivity contribution in [3.05, 3.63) is 28.3 Å². The lowest BCUT2D eigenvalue weighted by Crippen LogP contribution is -2.52. The molecule has 25 heavy (non-hydrogen) atoms. The maximum Gasteiger partial charge on any atom is 0.214 e. The Labute approximate surface area is 154 Å². The van der Waals surface area contributed by atoms with Gasteiger partial charge in [0.2, 0.25) is 10.0 Å². The van der Waals surface area contributed by atoms with Crippen LogP contribution in [-0.4, -0.2) is 42.9 Å². The van der Waals surface area contributed by atoms with Gasteiger partial charge in [0.15, 0.2) is 5.78 Å². The molecule has 1 fully saturated rings. The van der Waals surface area contributed by atoms with Crippen LogP contribution in [0, 0.1) is 6.92 Å². The Morgan fingerprint density at radius 2 is 1.96 bits per heavy atom. The number of ether oxygens (including phenoxy) is 1. The van der Waals surface area contributed by atoms with Crippen molar-refractivity contribution in [1.29, 1.82) is 0 Å². The fourth-order valence-corrected chi connectivity index (χ4v) is 5.34. The highest BCUT2D eigenvalue weighted by Gasteiger charge is 2.44. The topological polar surface area (TPSA) is 63.7 Å². The van der Waals surface area contributed by atoms with Gasteiger partial charge in [0.1, 0.15) is 11.4 Å². The maximum absolute atomic E-state index is 12.6. The summed E-state index contributed by atoms with van der Waals surface area (Å²) < 4.78 is 32.5. The van der Waals surface area contributed by atoms with Crippen molar-refractivity contribution in [2.24, 2.45) is 0 Å². The molecular formula is C18H24ClNO4S. The molecule has 138 valence electrons. The molecule has 1 spiro atoms. The third-order valence-corrected chi connectivity index (χ3v) is 7.52. The number of rotatable bonds is 4. The second kappa shape index (κ2) is 6.89. The van der Waals surface area contributed by atoms with E-state index in [1.807, 2.05) is 13.8 Å². The molecule has 0 amide bonds. The van der Waals surface area contributed by atoms with Crippen LogP contribution in [-0.2, 0) is 10.0 Å². The number of unbranched alkanes of at least 4 members (excludes halogenated alkanes) is 1. The zero-order valence-electron chi connectivity index (χ0n) is 14.7. The lowest BCUT2D eigenvalue weighted by molar-refractivity contribution is 0.00588. The van der Waals surface area contributed by atoms with Crippen molar-refractivity contribution in [2.75, 3.05) is 18.8 Å². The Balaban J connectivity index is 1.76. The molecular weight excluding hydrogens is 362 g/mol. The lowest BCUT2D eigenvalue weighted by Gasteiger charge is -2.43. The summed E-state index contributed by atoms with van der Waals surface area (Å²) >= 11 is 6.12. The molecule has 0 atom stereocenters. The van der Waals surface area contributed by atoms with Crippen LogP contribution in [0.2, 0.25) is 5.02 Å². The smallest absolute Gasteiger partial charge is 0.214 e. The summed E-state index contributed by atoms with van der Waals surface area (Å²) in [7, 11) is -3.21. The average Bonchev–Trinajstić information content (AvgIpc) is 2.55. The number of sulfonamides is 1. The first-order valence-corrected chi connectivity index (χ1v) is 10.8. The molecule has 1 saturated heterocycles. The molecule has 2 heterocycles. The van der Waals surface area contributed by atoms with Gasteiger partial charge in [-0.3, -0.25) is 4.79 Å². The first kappa shape index (κ1) is 18.7.